The summed E-state index contributed by atoms with van der Waals surface area (Å²) in [4.78, 5) is 12.5. The van der Waals surface area contributed by atoms with Crippen molar-refractivity contribution >= 4 is 27.4 Å². The van der Waals surface area contributed by atoms with Crippen molar-refractivity contribution in [3.63, 3.8) is 0 Å². The van der Waals surface area contributed by atoms with Crippen LogP contribution in [0.3, 0.4) is 0 Å². The van der Waals surface area contributed by atoms with E-state index in [1.807, 2.05) is 11.4 Å². The molecule has 0 fully saturated rings. The van der Waals surface area contributed by atoms with Crippen LogP contribution in [0.4, 0.5) is 5.82 Å². The van der Waals surface area contributed by atoms with Crippen molar-refractivity contribution in [2.75, 3.05) is 5.32 Å². The summed E-state index contributed by atoms with van der Waals surface area (Å²) >= 11 is 1.60. The Labute approximate surface area is 101 Å². The Morgan fingerprint density at radius 3 is 3.18 bits per heavy atom. The van der Waals surface area contributed by atoms with E-state index in [-0.39, 0.29) is 0 Å². The summed E-state index contributed by atoms with van der Waals surface area (Å²) in [5.74, 6) is 1.97. The highest BCUT2D eigenvalue weighted by Crippen LogP contribution is 2.24. The second kappa shape index (κ2) is 4.10. The standard InChI is InChI=1S/C10H9N5OS/c1-6-14-8(16-15-6)4-11-10-9-7(2-3-17-9)12-5-13-10/h2-3,5H,4H2,1H3,(H,11,12,13). The third kappa shape index (κ3) is 1.96. The van der Waals surface area contributed by atoms with Gasteiger partial charge in [0.1, 0.15) is 12.1 Å². The third-order valence-corrected chi connectivity index (χ3v) is 3.13. The molecule has 0 unspecified atom stereocenters. The zero-order valence-electron chi connectivity index (χ0n) is 9.04. The van der Waals surface area contributed by atoms with E-state index in [4.69, 9.17) is 4.52 Å². The monoisotopic (exact) mass is 247 g/mol. The van der Waals surface area contributed by atoms with Gasteiger partial charge in [-0.05, 0) is 18.4 Å². The van der Waals surface area contributed by atoms with Gasteiger partial charge in [-0.2, -0.15) is 4.98 Å². The van der Waals surface area contributed by atoms with Crippen molar-refractivity contribution in [2.24, 2.45) is 0 Å². The molecule has 3 aromatic heterocycles. The minimum atomic E-state index is 0.463. The lowest BCUT2D eigenvalue weighted by atomic mass is 10.4. The van der Waals surface area contributed by atoms with Crippen molar-refractivity contribution in [1.82, 2.24) is 20.1 Å². The first-order valence-electron chi connectivity index (χ1n) is 5.04. The highest BCUT2D eigenvalue weighted by molar-refractivity contribution is 7.17. The van der Waals surface area contributed by atoms with Gasteiger partial charge in [-0.1, -0.05) is 5.16 Å². The largest absolute Gasteiger partial charge is 0.360 e. The van der Waals surface area contributed by atoms with Crippen molar-refractivity contribution in [2.45, 2.75) is 13.5 Å². The average Bonchev–Trinajstić information content (AvgIpc) is 2.94. The number of hydrogen-bond donors (Lipinski definition) is 1. The molecule has 0 radical (unpaired) electrons. The summed E-state index contributed by atoms with van der Waals surface area (Å²) in [6.45, 7) is 2.25. The number of fused-ring (bicyclic) bond motifs is 1. The number of aromatic nitrogens is 4. The summed E-state index contributed by atoms with van der Waals surface area (Å²) in [7, 11) is 0. The number of thiophene rings is 1. The van der Waals surface area contributed by atoms with E-state index in [0.29, 0.717) is 18.3 Å². The van der Waals surface area contributed by atoms with Crippen molar-refractivity contribution in [3.05, 3.63) is 29.5 Å². The Hall–Kier alpha value is -2.02. The van der Waals surface area contributed by atoms with Gasteiger partial charge >= 0.3 is 0 Å². The molecule has 17 heavy (non-hydrogen) atoms. The van der Waals surface area contributed by atoms with Gasteiger partial charge in [0, 0.05) is 0 Å². The predicted octanol–water partition coefficient (Wildman–Crippen LogP) is 1.99. The number of nitrogens with zero attached hydrogens (tertiary/aromatic N) is 4. The summed E-state index contributed by atoms with van der Waals surface area (Å²) in [5, 5.41) is 8.88. The normalized spacial score (nSPS) is 10.9. The minimum Gasteiger partial charge on any atom is -0.360 e. The number of anilines is 1. The topological polar surface area (TPSA) is 76.7 Å². The quantitative estimate of drug-likeness (QED) is 0.762. The summed E-state index contributed by atoms with van der Waals surface area (Å²) < 4.78 is 6.05. The molecular weight excluding hydrogens is 238 g/mol. The maximum atomic E-state index is 5.02. The van der Waals surface area contributed by atoms with E-state index >= 15 is 0 Å². The maximum absolute atomic E-state index is 5.02. The van der Waals surface area contributed by atoms with Crippen molar-refractivity contribution in [1.29, 1.82) is 0 Å². The van der Waals surface area contributed by atoms with Gasteiger partial charge in [0.05, 0.1) is 16.8 Å². The fraction of sp³-hybridized carbons (Fsp3) is 0.200. The highest BCUT2D eigenvalue weighted by atomic mass is 32.1. The molecule has 0 spiro atoms. The molecule has 0 saturated heterocycles. The van der Waals surface area contributed by atoms with E-state index in [2.05, 4.69) is 25.4 Å². The van der Waals surface area contributed by atoms with E-state index in [9.17, 15) is 0 Å². The van der Waals surface area contributed by atoms with Crippen LogP contribution < -0.4 is 5.32 Å². The maximum Gasteiger partial charge on any atom is 0.245 e. The van der Waals surface area contributed by atoms with Gasteiger partial charge in [-0.3, -0.25) is 0 Å². The van der Waals surface area contributed by atoms with Crippen molar-refractivity contribution < 1.29 is 4.52 Å². The number of nitrogens with one attached hydrogen (secondary N) is 1. The number of rotatable bonds is 3. The van der Waals surface area contributed by atoms with Gasteiger partial charge in [0.2, 0.25) is 5.89 Å². The first kappa shape index (κ1) is 10.2. The average molecular weight is 247 g/mol. The molecule has 3 rings (SSSR count). The van der Waals surface area contributed by atoms with Crippen LogP contribution in [-0.4, -0.2) is 20.1 Å². The number of hydrogen-bond acceptors (Lipinski definition) is 7. The Kier molecular flexibility index (Phi) is 2.45. The molecular formula is C10H9N5OS. The first-order chi connectivity index (χ1) is 8.33. The van der Waals surface area contributed by atoms with Gasteiger partial charge in [0.15, 0.2) is 5.82 Å². The Balaban J connectivity index is 1.83. The molecule has 0 atom stereocenters. The van der Waals surface area contributed by atoms with Crippen LogP contribution in [-0.2, 0) is 6.54 Å². The van der Waals surface area contributed by atoms with Crippen molar-refractivity contribution in [3.8, 4) is 0 Å². The predicted molar refractivity (Wildman–Crippen MR) is 63.8 cm³/mol. The Morgan fingerprint density at radius 1 is 1.41 bits per heavy atom. The van der Waals surface area contributed by atoms with Crippen LogP contribution in [0, 0.1) is 6.92 Å². The first-order valence-corrected chi connectivity index (χ1v) is 5.92. The zero-order valence-corrected chi connectivity index (χ0v) is 9.86. The van der Waals surface area contributed by atoms with Gasteiger partial charge in [0.25, 0.3) is 0 Å². The lowest BCUT2D eigenvalue weighted by Gasteiger charge is -2.02. The van der Waals surface area contributed by atoms with E-state index in [1.54, 1.807) is 18.3 Å². The molecule has 3 heterocycles. The molecule has 0 aliphatic carbocycles. The highest BCUT2D eigenvalue weighted by Gasteiger charge is 2.07. The molecule has 6 nitrogen and oxygen atoms in total. The van der Waals surface area contributed by atoms with Crippen LogP contribution in [0.5, 0.6) is 0 Å². The van der Waals surface area contributed by atoms with E-state index < -0.39 is 0 Å². The van der Waals surface area contributed by atoms with Crippen LogP contribution in [0.25, 0.3) is 10.2 Å². The van der Waals surface area contributed by atoms with E-state index in [1.165, 1.54) is 6.33 Å². The van der Waals surface area contributed by atoms with Gasteiger partial charge in [-0.25, -0.2) is 9.97 Å². The summed E-state index contributed by atoms with van der Waals surface area (Å²) in [5.41, 5.74) is 0.939. The van der Waals surface area contributed by atoms with Gasteiger partial charge < -0.3 is 9.84 Å². The lowest BCUT2D eigenvalue weighted by Crippen LogP contribution is -2.02. The molecule has 3 aromatic rings. The molecule has 0 aliphatic rings. The van der Waals surface area contributed by atoms with Crippen LogP contribution in [0.2, 0.25) is 0 Å². The summed E-state index contributed by atoms with van der Waals surface area (Å²) in [6.07, 6.45) is 1.54. The smallest absolute Gasteiger partial charge is 0.245 e. The fourth-order valence-corrected chi connectivity index (χ4v) is 2.30. The summed E-state index contributed by atoms with van der Waals surface area (Å²) in [6, 6.07) is 1.96. The minimum absolute atomic E-state index is 0.463. The van der Waals surface area contributed by atoms with Gasteiger partial charge in [-0.15, -0.1) is 11.3 Å². The van der Waals surface area contributed by atoms with Crippen LogP contribution in [0.1, 0.15) is 11.7 Å². The molecule has 0 aromatic carbocycles. The second-order valence-electron chi connectivity index (χ2n) is 3.45. The van der Waals surface area contributed by atoms with Crippen LogP contribution in [0.15, 0.2) is 22.3 Å². The molecule has 0 amide bonds. The molecule has 0 bridgehead atoms. The lowest BCUT2D eigenvalue weighted by molar-refractivity contribution is 0.379. The Bertz CT molecular complexity index is 647. The molecule has 7 heteroatoms. The number of aryl methyl sites for hydroxylation is 1. The van der Waals surface area contributed by atoms with E-state index in [0.717, 1.165) is 16.0 Å². The Morgan fingerprint density at radius 2 is 2.35 bits per heavy atom. The molecule has 1 N–H and O–H groups in total. The molecule has 86 valence electrons. The zero-order chi connectivity index (χ0) is 11.7. The van der Waals surface area contributed by atoms with Crippen LogP contribution >= 0.6 is 11.3 Å². The third-order valence-electron chi connectivity index (χ3n) is 2.22. The molecule has 0 saturated carbocycles. The molecule has 0 aliphatic heterocycles. The fourth-order valence-electron chi connectivity index (χ4n) is 1.49. The SMILES string of the molecule is Cc1noc(CNc2ncnc3ccsc23)n1. The second-order valence-corrected chi connectivity index (χ2v) is 4.36.